The molecule has 24 heavy (non-hydrogen) atoms. The molecule has 3 rings (SSSR count). The molecule has 130 valence electrons. The summed E-state index contributed by atoms with van der Waals surface area (Å²) >= 11 is 0. The molecule has 1 aliphatic rings. The lowest BCUT2D eigenvalue weighted by Crippen LogP contribution is -2.31. The van der Waals surface area contributed by atoms with Crippen LogP contribution in [0, 0.1) is 11.7 Å². The van der Waals surface area contributed by atoms with Crippen molar-refractivity contribution in [2.24, 2.45) is 5.92 Å². The first kappa shape index (κ1) is 17.0. The maximum atomic E-state index is 13.5. The Bertz CT molecular complexity index is 693. The number of hydrogen-bond donors (Lipinski definition) is 1. The van der Waals surface area contributed by atoms with Crippen LogP contribution in [0.5, 0.6) is 0 Å². The number of rotatable bonds is 5. The molecule has 0 saturated carbocycles. The van der Waals surface area contributed by atoms with Crippen LogP contribution in [0.25, 0.3) is 0 Å². The maximum absolute atomic E-state index is 13.5. The predicted molar refractivity (Wildman–Crippen MR) is 82.0 cm³/mol. The third-order valence-corrected chi connectivity index (χ3v) is 4.34. The van der Waals surface area contributed by atoms with Gasteiger partial charge in [-0.2, -0.15) is 13.2 Å². The molecule has 1 atom stereocenters. The van der Waals surface area contributed by atoms with Crippen LogP contribution in [0.1, 0.15) is 23.5 Å². The quantitative estimate of drug-likeness (QED) is 0.667. The minimum Gasteiger partial charge on any atom is -0.334 e. The molecule has 2 heterocycles. The van der Waals surface area contributed by atoms with Crippen LogP contribution in [0.4, 0.5) is 17.6 Å². The zero-order valence-corrected chi connectivity index (χ0v) is 13.1. The standard InChI is InChI=1S/C17H19F4N3/c18-14-4-2-1-3-13(14)7-8-22-9-12-5-6-16-23-15(17(19,20)21)11-24(16)10-12/h1-4,11-12,22H,5-10H2. The van der Waals surface area contributed by atoms with Gasteiger partial charge in [-0.05, 0) is 43.5 Å². The summed E-state index contributed by atoms with van der Waals surface area (Å²) < 4.78 is 53.2. The Morgan fingerprint density at radius 1 is 1.25 bits per heavy atom. The second-order valence-corrected chi connectivity index (χ2v) is 6.14. The highest BCUT2D eigenvalue weighted by atomic mass is 19.4. The third-order valence-electron chi connectivity index (χ3n) is 4.34. The van der Waals surface area contributed by atoms with Crippen molar-refractivity contribution in [3.05, 3.63) is 53.4 Å². The molecular formula is C17H19F4N3. The van der Waals surface area contributed by atoms with Gasteiger partial charge in [0.25, 0.3) is 0 Å². The van der Waals surface area contributed by atoms with E-state index in [0.717, 1.165) is 12.6 Å². The second-order valence-electron chi connectivity index (χ2n) is 6.14. The molecule has 1 N–H and O–H groups in total. The first-order valence-corrected chi connectivity index (χ1v) is 8.01. The average Bonchev–Trinajstić information content (AvgIpc) is 2.96. The topological polar surface area (TPSA) is 29.9 Å². The molecule has 0 fully saturated rings. The number of halogens is 4. The minimum absolute atomic E-state index is 0.209. The fourth-order valence-corrected chi connectivity index (χ4v) is 3.05. The molecule has 7 heteroatoms. The number of fused-ring (bicyclic) bond motifs is 1. The van der Waals surface area contributed by atoms with E-state index in [1.165, 1.54) is 6.07 Å². The predicted octanol–water partition coefficient (Wildman–Crippen LogP) is 3.44. The summed E-state index contributed by atoms with van der Waals surface area (Å²) in [5.74, 6) is 0.554. The van der Waals surface area contributed by atoms with E-state index in [9.17, 15) is 17.6 Å². The molecule has 2 aromatic rings. The van der Waals surface area contributed by atoms with E-state index in [0.29, 0.717) is 43.9 Å². The van der Waals surface area contributed by atoms with E-state index < -0.39 is 11.9 Å². The smallest absolute Gasteiger partial charge is 0.334 e. The highest BCUT2D eigenvalue weighted by Crippen LogP contribution is 2.30. The highest BCUT2D eigenvalue weighted by Gasteiger charge is 2.35. The summed E-state index contributed by atoms with van der Waals surface area (Å²) in [7, 11) is 0. The number of alkyl halides is 3. The van der Waals surface area contributed by atoms with Crippen LogP contribution in [0.3, 0.4) is 0 Å². The van der Waals surface area contributed by atoms with Gasteiger partial charge in [-0.3, -0.25) is 0 Å². The van der Waals surface area contributed by atoms with E-state index in [1.54, 1.807) is 22.8 Å². The Hall–Kier alpha value is -1.89. The van der Waals surface area contributed by atoms with Crippen LogP contribution in [-0.2, 0) is 25.6 Å². The lowest BCUT2D eigenvalue weighted by Gasteiger charge is -2.24. The van der Waals surface area contributed by atoms with Gasteiger partial charge < -0.3 is 9.88 Å². The van der Waals surface area contributed by atoms with Gasteiger partial charge in [-0.15, -0.1) is 0 Å². The van der Waals surface area contributed by atoms with Gasteiger partial charge in [0.2, 0.25) is 0 Å². The van der Waals surface area contributed by atoms with Crippen molar-refractivity contribution in [1.82, 2.24) is 14.9 Å². The fraction of sp³-hybridized carbons (Fsp3) is 0.471. The Morgan fingerprint density at radius 3 is 2.79 bits per heavy atom. The van der Waals surface area contributed by atoms with E-state index in [1.807, 2.05) is 0 Å². The summed E-state index contributed by atoms with van der Waals surface area (Å²) in [5.41, 5.74) is -0.147. The summed E-state index contributed by atoms with van der Waals surface area (Å²) in [4.78, 5) is 3.68. The van der Waals surface area contributed by atoms with Crippen LogP contribution in [0.15, 0.2) is 30.5 Å². The summed E-state index contributed by atoms with van der Waals surface area (Å²) in [5, 5.41) is 3.28. The second kappa shape index (κ2) is 6.93. The summed E-state index contributed by atoms with van der Waals surface area (Å²) in [6.45, 7) is 1.88. The number of nitrogens with zero attached hydrogens (tertiary/aromatic N) is 2. The van der Waals surface area contributed by atoms with Crippen molar-refractivity contribution in [2.45, 2.75) is 32.0 Å². The molecule has 0 aliphatic carbocycles. The number of nitrogens with one attached hydrogen (secondary N) is 1. The van der Waals surface area contributed by atoms with Crippen molar-refractivity contribution in [3.8, 4) is 0 Å². The third kappa shape index (κ3) is 3.95. The molecule has 3 nitrogen and oxygen atoms in total. The SMILES string of the molecule is Fc1ccccc1CCNCC1CCc2nc(C(F)(F)F)cn2C1. The van der Waals surface area contributed by atoms with E-state index in [2.05, 4.69) is 10.3 Å². The number of imidazole rings is 1. The number of aromatic nitrogens is 2. The molecule has 0 radical (unpaired) electrons. The zero-order valence-electron chi connectivity index (χ0n) is 13.1. The van der Waals surface area contributed by atoms with Gasteiger partial charge in [-0.1, -0.05) is 18.2 Å². The monoisotopic (exact) mass is 341 g/mol. The average molecular weight is 341 g/mol. The Morgan fingerprint density at radius 2 is 2.04 bits per heavy atom. The molecule has 0 amide bonds. The zero-order chi connectivity index (χ0) is 17.2. The van der Waals surface area contributed by atoms with Crippen LogP contribution >= 0.6 is 0 Å². The Kier molecular flexibility index (Phi) is 4.89. The van der Waals surface area contributed by atoms with Crippen molar-refractivity contribution < 1.29 is 17.6 Å². The van der Waals surface area contributed by atoms with Crippen molar-refractivity contribution in [3.63, 3.8) is 0 Å². The first-order chi connectivity index (χ1) is 11.4. The van der Waals surface area contributed by atoms with Gasteiger partial charge in [0.15, 0.2) is 5.69 Å². The van der Waals surface area contributed by atoms with E-state index in [4.69, 9.17) is 0 Å². The molecule has 0 bridgehead atoms. The Labute approximate surface area is 137 Å². The largest absolute Gasteiger partial charge is 0.434 e. The number of hydrogen-bond acceptors (Lipinski definition) is 2. The highest BCUT2D eigenvalue weighted by molar-refractivity contribution is 5.17. The molecule has 1 aromatic carbocycles. The normalized spacial score (nSPS) is 17.8. The van der Waals surface area contributed by atoms with Crippen LogP contribution < -0.4 is 5.32 Å². The number of benzene rings is 1. The lowest BCUT2D eigenvalue weighted by molar-refractivity contribution is -0.141. The maximum Gasteiger partial charge on any atom is 0.434 e. The molecule has 0 spiro atoms. The number of aryl methyl sites for hydroxylation is 1. The van der Waals surface area contributed by atoms with Crippen molar-refractivity contribution in [1.29, 1.82) is 0 Å². The molecule has 1 aliphatic heterocycles. The molecule has 1 aromatic heterocycles. The van der Waals surface area contributed by atoms with Crippen LogP contribution in [-0.4, -0.2) is 22.6 Å². The molecule has 0 saturated heterocycles. The van der Waals surface area contributed by atoms with Crippen molar-refractivity contribution >= 4 is 0 Å². The lowest BCUT2D eigenvalue weighted by atomic mass is 9.99. The van der Waals surface area contributed by atoms with E-state index >= 15 is 0 Å². The van der Waals surface area contributed by atoms with Crippen LogP contribution in [0.2, 0.25) is 0 Å². The molecule has 1 unspecified atom stereocenters. The molecular weight excluding hydrogens is 322 g/mol. The van der Waals surface area contributed by atoms with Gasteiger partial charge in [0.1, 0.15) is 11.6 Å². The summed E-state index contributed by atoms with van der Waals surface area (Å²) in [6, 6.07) is 6.66. The first-order valence-electron chi connectivity index (χ1n) is 8.01. The van der Waals surface area contributed by atoms with Crippen molar-refractivity contribution in [2.75, 3.05) is 13.1 Å². The van der Waals surface area contributed by atoms with Gasteiger partial charge in [0, 0.05) is 19.2 Å². The fourth-order valence-electron chi connectivity index (χ4n) is 3.05. The van der Waals surface area contributed by atoms with E-state index in [-0.39, 0.29) is 11.7 Å². The van der Waals surface area contributed by atoms with Gasteiger partial charge in [-0.25, -0.2) is 9.37 Å². The summed E-state index contributed by atoms with van der Waals surface area (Å²) in [6.07, 6.45) is -1.34. The van der Waals surface area contributed by atoms with Gasteiger partial charge in [0.05, 0.1) is 0 Å². The van der Waals surface area contributed by atoms with Gasteiger partial charge >= 0.3 is 6.18 Å². The Balaban J connectivity index is 1.48. The minimum atomic E-state index is -4.39.